The molecule has 2 N–H and O–H groups in total. The van der Waals surface area contributed by atoms with Gasteiger partial charge in [-0.3, -0.25) is 9.97 Å². The number of nitrogens with one attached hydrogen (secondary N) is 1. The SMILES string of the molecule is COc1c(Nc2cc(Cc3ccc(N4CC(O)C4)cn3)nc3c2N=C(C(F)F)C3)cccc1-c1nnn(C)n1. The number of anilines is 3. The number of rotatable bonds is 8. The minimum Gasteiger partial charge on any atom is -0.494 e. The van der Waals surface area contributed by atoms with Gasteiger partial charge >= 0.3 is 0 Å². The maximum absolute atomic E-state index is 13.6. The third-order valence-electron chi connectivity index (χ3n) is 6.61. The van der Waals surface area contributed by atoms with Crippen molar-refractivity contribution in [2.24, 2.45) is 12.0 Å². The van der Waals surface area contributed by atoms with Gasteiger partial charge in [0.05, 0.1) is 60.5 Å². The Morgan fingerprint density at radius 1 is 1.15 bits per heavy atom. The number of halogens is 2. The summed E-state index contributed by atoms with van der Waals surface area (Å²) in [6.45, 7) is 1.18. The summed E-state index contributed by atoms with van der Waals surface area (Å²) in [5, 5.41) is 25.1. The first-order valence-corrected chi connectivity index (χ1v) is 12.3. The van der Waals surface area contributed by atoms with Crippen LogP contribution in [-0.4, -0.2) is 73.7 Å². The fourth-order valence-corrected chi connectivity index (χ4v) is 4.69. The van der Waals surface area contributed by atoms with Crippen molar-refractivity contribution < 1.29 is 18.6 Å². The minimum atomic E-state index is -2.68. The van der Waals surface area contributed by atoms with E-state index in [1.54, 1.807) is 19.3 Å². The summed E-state index contributed by atoms with van der Waals surface area (Å²) in [5.41, 5.74) is 4.74. The zero-order chi connectivity index (χ0) is 27.1. The number of benzene rings is 1. The number of aromatic nitrogens is 6. The van der Waals surface area contributed by atoms with Crippen LogP contribution in [0.15, 0.2) is 47.6 Å². The van der Waals surface area contributed by atoms with Gasteiger partial charge in [0.1, 0.15) is 5.69 Å². The van der Waals surface area contributed by atoms with Gasteiger partial charge in [0, 0.05) is 37.3 Å². The monoisotopic (exact) mass is 533 g/mol. The number of methoxy groups -OCH3 is 1. The summed E-state index contributed by atoms with van der Waals surface area (Å²) >= 11 is 0. The molecule has 0 amide bonds. The number of aliphatic imine (C=N–C) groups is 1. The second-order valence-corrected chi connectivity index (χ2v) is 9.39. The van der Waals surface area contributed by atoms with Crippen LogP contribution < -0.4 is 15.0 Å². The molecular weight excluding hydrogens is 508 g/mol. The van der Waals surface area contributed by atoms with Crippen LogP contribution in [0.4, 0.5) is 31.5 Å². The molecule has 2 aliphatic heterocycles. The van der Waals surface area contributed by atoms with Crippen LogP contribution in [0.3, 0.4) is 0 Å². The lowest BCUT2D eigenvalue weighted by Gasteiger charge is -2.37. The number of aliphatic hydroxyl groups is 1. The van der Waals surface area contributed by atoms with Gasteiger partial charge in [0.15, 0.2) is 5.75 Å². The van der Waals surface area contributed by atoms with Crippen LogP contribution in [0.2, 0.25) is 0 Å². The van der Waals surface area contributed by atoms with Crippen molar-refractivity contribution in [1.82, 2.24) is 30.2 Å². The lowest BCUT2D eigenvalue weighted by Crippen LogP contribution is -2.50. The number of aliphatic hydroxyl groups excluding tert-OH is 1. The molecule has 0 unspecified atom stereocenters. The third kappa shape index (κ3) is 4.88. The summed E-state index contributed by atoms with van der Waals surface area (Å²) in [7, 11) is 3.20. The number of hydrogen-bond donors (Lipinski definition) is 2. The van der Waals surface area contributed by atoms with Gasteiger partial charge in [-0.05, 0) is 35.5 Å². The number of nitrogens with zero attached hydrogens (tertiary/aromatic N) is 8. The van der Waals surface area contributed by atoms with Crippen molar-refractivity contribution in [2.45, 2.75) is 25.4 Å². The zero-order valence-corrected chi connectivity index (χ0v) is 21.2. The molecule has 2 aliphatic rings. The summed E-state index contributed by atoms with van der Waals surface area (Å²) in [6, 6.07) is 11.1. The van der Waals surface area contributed by atoms with E-state index in [0.29, 0.717) is 65.1 Å². The highest BCUT2D eigenvalue weighted by Crippen LogP contribution is 2.41. The Bertz CT molecular complexity index is 1550. The van der Waals surface area contributed by atoms with E-state index >= 15 is 0 Å². The number of tetrazole rings is 1. The molecule has 1 saturated heterocycles. The van der Waals surface area contributed by atoms with E-state index in [4.69, 9.17) is 4.74 Å². The molecule has 1 fully saturated rings. The first-order valence-electron chi connectivity index (χ1n) is 12.3. The average Bonchev–Trinajstić information content (AvgIpc) is 3.54. The minimum absolute atomic E-state index is 0.0279. The van der Waals surface area contributed by atoms with Crippen LogP contribution in [0.1, 0.15) is 17.1 Å². The smallest absolute Gasteiger partial charge is 0.277 e. The predicted molar refractivity (Wildman–Crippen MR) is 140 cm³/mol. The molecule has 4 aromatic rings. The normalized spacial score (nSPS) is 14.8. The number of aryl methyl sites for hydroxylation is 1. The van der Waals surface area contributed by atoms with E-state index in [-0.39, 0.29) is 18.2 Å². The first-order chi connectivity index (χ1) is 18.9. The number of pyridine rings is 2. The van der Waals surface area contributed by atoms with Crippen LogP contribution in [0.25, 0.3) is 11.4 Å². The van der Waals surface area contributed by atoms with E-state index in [2.05, 4.69) is 35.7 Å². The van der Waals surface area contributed by atoms with Crippen molar-refractivity contribution in [1.29, 1.82) is 0 Å². The summed E-state index contributed by atoms with van der Waals surface area (Å²) in [5.74, 6) is 0.862. The molecule has 0 saturated carbocycles. The molecule has 3 aromatic heterocycles. The molecule has 1 aromatic carbocycles. The van der Waals surface area contributed by atoms with Crippen molar-refractivity contribution >= 4 is 28.5 Å². The molecule has 200 valence electrons. The highest BCUT2D eigenvalue weighted by molar-refractivity contribution is 5.98. The Balaban J connectivity index is 1.33. The van der Waals surface area contributed by atoms with E-state index in [1.165, 1.54) is 11.9 Å². The Morgan fingerprint density at radius 3 is 2.67 bits per heavy atom. The van der Waals surface area contributed by atoms with E-state index < -0.39 is 6.43 Å². The number of ether oxygens (including phenoxy) is 1. The number of para-hydroxylation sites is 1. The van der Waals surface area contributed by atoms with Gasteiger partial charge in [-0.15, -0.1) is 10.2 Å². The van der Waals surface area contributed by atoms with Gasteiger partial charge in [0.25, 0.3) is 6.43 Å². The van der Waals surface area contributed by atoms with Crippen LogP contribution in [0, 0.1) is 0 Å². The molecular formula is C26H25F2N9O2. The van der Waals surface area contributed by atoms with E-state index in [9.17, 15) is 13.9 Å². The Hall–Kier alpha value is -4.52. The van der Waals surface area contributed by atoms with Crippen LogP contribution in [0.5, 0.6) is 5.75 Å². The molecule has 11 nitrogen and oxygen atoms in total. The number of hydrogen-bond acceptors (Lipinski definition) is 10. The van der Waals surface area contributed by atoms with Gasteiger partial charge in [0.2, 0.25) is 5.82 Å². The molecule has 39 heavy (non-hydrogen) atoms. The fraction of sp³-hybridized carbons (Fsp3) is 0.308. The Kier molecular flexibility index (Phi) is 6.35. The zero-order valence-electron chi connectivity index (χ0n) is 21.2. The molecule has 0 atom stereocenters. The van der Waals surface area contributed by atoms with E-state index in [1.807, 2.05) is 35.2 Å². The maximum atomic E-state index is 13.6. The highest BCUT2D eigenvalue weighted by atomic mass is 19.3. The molecule has 0 aliphatic carbocycles. The highest BCUT2D eigenvalue weighted by Gasteiger charge is 2.27. The summed E-state index contributed by atoms with van der Waals surface area (Å²) < 4.78 is 32.9. The topological polar surface area (TPSA) is 126 Å². The van der Waals surface area contributed by atoms with Crippen molar-refractivity contribution in [2.75, 3.05) is 30.4 Å². The number of fused-ring (bicyclic) bond motifs is 1. The molecule has 0 bridgehead atoms. The Labute approximate surface area is 222 Å². The van der Waals surface area contributed by atoms with Gasteiger partial charge < -0.3 is 20.1 Å². The average molecular weight is 534 g/mol. The van der Waals surface area contributed by atoms with Crippen molar-refractivity contribution in [3.8, 4) is 17.1 Å². The Morgan fingerprint density at radius 2 is 2.00 bits per heavy atom. The van der Waals surface area contributed by atoms with E-state index in [0.717, 1.165) is 11.4 Å². The number of β-amino-alcohol motifs (C(OH)–C–C–N with tert-alkyl or cyclic N) is 1. The molecule has 0 spiro atoms. The second-order valence-electron chi connectivity index (χ2n) is 9.39. The number of alkyl halides is 2. The molecule has 0 radical (unpaired) electrons. The first kappa shape index (κ1) is 24.8. The molecule has 5 heterocycles. The quantitative estimate of drug-likeness (QED) is 0.351. The van der Waals surface area contributed by atoms with Gasteiger partial charge in [-0.25, -0.2) is 13.8 Å². The van der Waals surface area contributed by atoms with Crippen LogP contribution in [-0.2, 0) is 19.9 Å². The van der Waals surface area contributed by atoms with Gasteiger partial charge in [-0.2, -0.15) is 4.80 Å². The molecule has 13 heteroatoms. The van der Waals surface area contributed by atoms with Gasteiger partial charge in [-0.1, -0.05) is 6.07 Å². The van der Waals surface area contributed by atoms with Crippen molar-refractivity contribution in [3.05, 3.63) is 59.7 Å². The maximum Gasteiger partial charge on any atom is 0.277 e. The lowest BCUT2D eigenvalue weighted by atomic mass is 10.1. The standard InChI is InChI=1S/C26H25F2N9O2/c1-36-34-26(33-35-36)18-4-3-5-19(24(18)39-2)31-20-9-15(30-21-10-22(25(27)28)32-23(20)21)8-14-6-7-16(11-29-14)37-12-17(38)13-37/h3-7,9,11,17,25,38H,8,10,12-13H2,1-2H3,(H,30,31). The fourth-order valence-electron chi connectivity index (χ4n) is 4.69. The molecule has 6 rings (SSSR count). The van der Waals surface area contributed by atoms with Crippen molar-refractivity contribution in [3.63, 3.8) is 0 Å². The lowest BCUT2D eigenvalue weighted by molar-refractivity contribution is 0.142. The third-order valence-corrected chi connectivity index (χ3v) is 6.61. The predicted octanol–water partition coefficient (Wildman–Crippen LogP) is 3.08. The summed E-state index contributed by atoms with van der Waals surface area (Å²) in [4.78, 5) is 16.8. The largest absolute Gasteiger partial charge is 0.494 e. The second kappa shape index (κ2) is 9.98. The van der Waals surface area contributed by atoms with Crippen LogP contribution >= 0.6 is 0 Å². The summed E-state index contributed by atoms with van der Waals surface area (Å²) in [6.07, 6.45) is -0.842.